The summed E-state index contributed by atoms with van der Waals surface area (Å²) in [6.07, 6.45) is 4.98. The third-order valence-electron chi connectivity index (χ3n) is 4.82. The van der Waals surface area contributed by atoms with Gasteiger partial charge in [0.15, 0.2) is 0 Å². The number of aryl methyl sites for hydroxylation is 1. The number of nitrogens with zero attached hydrogens (tertiary/aromatic N) is 4. The molecular weight excluding hydrogens is 318 g/mol. The van der Waals surface area contributed by atoms with Crippen LogP contribution >= 0.6 is 0 Å². The van der Waals surface area contributed by atoms with E-state index in [0.717, 1.165) is 60.0 Å². The van der Waals surface area contributed by atoms with Crippen LogP contribution in [0.5, 0.6) is 5.75 Å². The number of imidazole rings is 1. The monoisotopic (exact) mass is 341 g/mol. The van der Waals surface area contributed by atoms with Gasteiger partial charge in [0.25, 0.3) is 0 Å². The van der Waals surface area contributed by atoms with E-state index in [9.17, 15) is 0 Å². The van der Waals surface area contributed by atoms with Crippen molar-refractivity contribution < 1.29 is 9.47 Å². The van der Waals surface area contributed by atoms with Crippen molar-refractivity contribution in [3.8, 4) is 16.9 Å². The predicted octanol–water partition coefficient (Wildman–Crippen LogP) is 2.44. The molecule has 0 bridgehead atoms. The molecule has 1 fully saturated rings. The lowest BCUT2D eigenvalue weighted by Crippen LogP contribution is -2.22. The Morgan fingerprint density at radius 2 is 2.20 bits per heavy atom. The second kappa shape index (κ2) is 6.40. The molecule has 7 nitrogen and oxygen atoms in total. The van der Waals surface area contributed by atoms with E-state index in [0.29, 0.717) is 5.92 Å². The number of aromatic amines is 1. The first-order valence-electron chi connectivity index (χ1n) is 8.49. The van der Waals surface area contributed by atoms with E-state index < -0.39 is 0 Å². The minimum Gasteiger partial charge on any atom is -0.494 e. The maximum absolute atomic E-state index is 5.53. The summed E-state index contributed by atoms with van der Waals surface area (Å²) in [5.41, 5.74) is 3.94. The van der Waals surface area contributed by atoms with Crippen molar-refractivity contribution in [3.63, 3.8) is 0 Å². The topological polar surface area (TPSA) is 68.2 Å². The van der Waals surface area contributed by atoms with E-state index in [1.807, 2.05) is 31.6 Å². The summed E-state index contributed by atoms with van der Waals surface area (Å²) in [6.45, 7) is 2.73. The second-order valence-corrected chi connectivity index (χ2v) is 6.56. The predicted molar refractivity (Wildman–Crippen MR) is 97.0 cm³/mol. The van der Waals surface area contributed by atoms with Crippen molar-refractivity contribution in [3.05, 3.63) is 24.5 Å². The summed E-state index contributed by atoms with van der Waals surface area (Å²) >= 11 is 0. The van der Waals surface area contributed by atoms with E-state index in [1.54, 1.807) is 18.9 Å². The SMILES string of the molecule is COC[C@H]1CCN(c2nc3c(-c4cnn(C)c4)ccc(OC)c3[nH]2)C1. The minimum atomic E-state index is 0.554. The Morgan fingerprint density at radius 3 is 2.92 bits per heavy atom. The second-order valence-electron chi connectivity index (χ2n) is 6.56. The fourth-order valence-corrected chi connectivity index (χ4v) is 3.57. The Morgan fingerprint density at radius 1 is 1.32 bits per heavy atom. The van der Waals surface area contributed by atoms with Gasteiger partial charge in [-0.3, -0.25) is 4.68 Å². The number of methoxy groups -OCH3 is 2. The first-order chi connectivity index (χ1) is 12.2. The number of nitrogens with one attached hydrogen (secondary N) is 1. The van der Waals surface area contributed by atoms with Gasteiger partial charge in [-0.05, 0) is 18.6 Å². The van der Waals surface area contributed by atoms with Crippen LogP contribution in [0.15, 0.2) is 24.5 Å². The molecule has 1 saturated heterocycles. The van der Waals surface area contributed by atoms with Crippen molar-refractivity contribution in [2.75, 3.05) is 38.8 Å². The molecule has 0 radical (unpaired) electrons. The molecule has 3 heterocycles. The Bertz CT molecular complexity index is 885. The van der Waals surface area contributed by atoms with Gasteiger partial charge in [-0.2, -0.15) is 5.10 Å². The van der Waals surface area contributed by atoms with Gasteiger partial charge in [0.2, 0.25) is 5.95 Å². The lowest BCUT2D eigenvalue weighted by molar-refractivity contribution is 0.161. The number of anilines is 1. The number of fused-ring (bicyclic) bond motifs is 1. The fraction of sp³-hybridized carbons (Fsp3) is 0.444. The number of ether oxygens (including phenoxy) is 2. The molecule has 3 aromatic rings. The Hall–Kier alpha value is -2.54. The van der Waals surface area contributed by atoms with Crippen molar-refractivity contribution in [1.29, 1.82) is 0 Å². The quantitative estimate of drug-likeness (QED) is 0.772. The number of hydrogen-bond donors (Lipinski definition) is 1. The maximum atomic E-state index is 5.53. The highest BCUT2D eigenvalue weighted by atomic mass is 16.5. The zero-order valence-electron chi connectivity index (χ0n) is 14.8. The fourth-order valence-electron chi connectivity index (χ4n) is 3.57. The van der Waals surface area contributed by atoms with E-state index in [1.165, 1.54) is 0 Å². The molecule has 1 N–H and O–H groups in total. The molecule has 1 aromatic carbocycles. The summed E-state index contributed by atoms with van der Waals surface area (Å²) < 4.78 is 12.6. The molecule has 0 amide bonds. The largest absolute Gasteiger partial charge is 0.494 e. The molecule has 0 unspecified atom stereocenters. The third-order valence-corrected chi connectivity index (χ3v) is 4.82. The Balaban J connectivity index is 1.76. The standard InChI is InChI=1S/C18H23N5O2/c1-22-10-13(8-19-22)14-4-5-15(25-3)17-16(14)20-18(21-17)23-7-6-12(9-23)11-24-2/h4-5,8,10,12H,6-7,9,11H2,1-3H3,(H,20,21)/t12-/m0/s1. The van der Waals surface area contributed by atoms with Crippen LogP contribution in [0.3, 0.4) is 0 Å². The van der Waals surface area contributed by atoms with Gasteiger partial charge in [-0.25, -0.2) is 4.98 Å². The number of rotatable bonds is 5. The van der Waals surface area contributed by atoms with E-state index in [-0.39, 0.29) is 0 Å². The van der Waals surface area contributed by atoms with E-state index in [4.69, 9.17) is 14.5 Å². The molecule has 0 spiro atoms. The summed E-state index contributed by atoms with van der Waals surface area (Å²) in [4.78, 5) is 10.6. The van der Waals surface area contributed by atoms with Crippen LogP contribution < -0.4 is 9.64 Å². The van der Waals surface area contributed by atoms with Gasteiger partial charge in [-0.1, -0.05) is 0 Å². The van der Waals surface area contributed by atoms with Gasteiger partial charge in [0.05, 0.1) is 19.9 Å². The average Bonchev–Trinajstić information content (AvgIpc) is 3.33. The van der Waals surface area contributed by atoms with Crippen LogP contribution in [0.4, 0.5) is 5.95 Å². The van der Waals surface area contributed by atoms with Crippen LogP contribution in [-0.2, 0) is 11.8 Å². The highest BCUT2D eigenvalue weighted by Crippen LogP contribution is 2.35. The van der Waals surface area contributed by atoms with Crippen molar-refractivity contribution in [1.82, 2.24) is 19.7 Å². The molecule has 132 valence electrons. The van der Waals surface area contributed by atoms with Crippen LogP contribution in [0.1, 0.15) is 6.42 Å². The highest BCUT2D eigenvalue weighted by molar-refractivity contribution is 5.96. The van der Waals surface area contributed by atoms with Crippen LogP contribution in [0.2, 0.25) is 0 Å². The molecule has 7 heteroatoms. The van der Waals surface area contributed by atoms with Gasteiger partial charge >= 0.3 is 0 Å². The zero-order chi connectivity index (χ0) is 17.4. The Kier molecular flexibility index (Phi) is 4.09. The summed E-state index contributed by atoms with van der Waals surface area (Å²) in [5.74, 6) is 2.25. The molecule has 4 rings (SSSR count). The van der Waals surface area contributed by atoms with Gasteiger partial charge in [0, 0.05) is 50.5 Å². The van der Waals surface area contributed by atoms with Gasteiger partial charge < -0.3 is 19.4 Å². The number of benzene rings is 1. The first kappa shape index (κ1) is 16.0. The smallest absolute Gasteiger partial charge is 0.203 e. The lowest BCUT2D eigenvalue weighted by Gasteiger charge is -2.14. The average molecular weight is 341 g/mol. The minimum absolute atomic E-state index is 0.554. The molecule has 1 aliphatic rings. The van der Waals surface area contributed by atoms with Crippen molar-refractivity contribution in [2.45, 2.75) is 6.42 Å². The Labute approximate surface area is 146 Å². The maximum Gasteiger partial charge on any atom is 0.203 e. The molecule has 0 saturated carbocycles. The number of H-pyrrole nitrogens is 1. The third kappa shape index (κ3) is 2.84. The lowest BCUT2D eigenvalue weighted by atomic mass is 10.1. The molecule has 2 aromatic heterocycles. The highest BCUT2D eigenvalue weighted by Gasteiger charge is 2.25. The summed E-state index contributed by atoms with van der Waals surface area (Å²) in [5, 5.41) is 4.28. The summed E-state index contributed by atoms with van der Waals surface area (Å²) in [7, 11) is 5.36. The number of aromatic nitrogens is 4. The van der Waals surface area contributed by atoms with E-state index in [2.05, 4.69) is 15.0 Å². The summed E-state index contributed by atoms with van der Waals surface area (Å²) in [6, 6.07) is 4.02. The molecule has 25 heavy (non-hydrogen) atoms. The normalized spacial score (nSPS) is 17.6. The first-order valence-corrected chi connectivity index (χ1v) is 8.49. The molecule has 1 atom stereocenters. The number of hydrogen-bond acceptors (Lipinski definition) is 5. The van der Waals surface area contributed by atoms with Crippen LogP contribution in [0.25, 0.3) is 22.2 Å². The van der Waals surface area contributed by atoms with Crippen LogP contribution in [0, 0.1) is 5.92 Å². The van der Waals surface area contributed by atoms with E-state index >= 15 is 0 Å². The van der Waals surface area contributed by atoms with Crippen molar-refractivity contribution in [2.24, 2.45) is 13.0 Å². The molecule has 0 aliphatic carbocycles. The zero-order valence-corrected chi connectivity index (χ0v) is 14.8. The van der Waals surface area contributed by atoms with Gasteiger partial charge in [0.1, 0.15) is 16.8 Å². The molecular formula is C18H23N5O2. The van der Waals surface area contributed by atoms with Crippen molar-refractivity contribution >= 4 is 17.0 Å². The van der Waals surface area contributed by atoms with Gasteiger partial charge in [-0.15, -0.1) is 0 Å². The molecule has 1 aliphatic heterocycles. The van der Waals surface area contributed by atoms with Crippen LogP contribution in [-0.4, -0.2) is 53.7 Å².